The molecule has 0 saturated carbocycles. The summed E-state index contributed by atoms with van der Waals surface area (Å²) in [6.07, 6.45) is 52.6. The van der Waals surface area contributed by atoms with E-state index in [2.05, 4.69) is 57.2 Å². The maximum absolute atomic E-state index is 12.7. The molecule has 6 nitrogen and oxygen atoms in total. The Morgan fingerprint density at radius 3 is 1.07 bits per heavy atom. The molecule has 0 rings (SSSR count). The van der Waals surface area contributed by atoms with Gasteiger partial charge in [0.2, 0.25) is 0 Å². The molecule has 332 valence electrons. The zero-order valence-corrected chi connectivity index (χ0v) is 37.9. The Hall–Kier alpha value is -2.37. The van der Waals surface area contributed by atoms with Crippen molar-refractivity contribution in [3.05, 3.63) is 36.5 Å². The van der Waals surface area contributed by atoms with Gasteiger partial charge in [-0.1, -0.05) is 218 Å². The van der Waals surface area contributed by atoms with Gasteiger partial charge >= 0.3 is 17.9 Å². The van der Waals surface area contributed by atoms with Crippen molar-refractivity contribution in [1.29, 1.82) is 0 Å². The lowest BCUT2D eigenvalue weighted by Gasteiger charge is -2.18. The number of carbonyl (C=O) groups excluding carboxylic acids is 3. The number of carbonyl (C=O) groups is 3. The molecule has 0 aromatic heterocycles. The van der Waals surface area contributed by atoms with Gasteiger partial charge in [-0.3, -0.25) is 14.4 Å². The number of rotatable bonds is 44. The van der Waals surface area contributed by atoms with Crippen LogP contribution in [0.2, 0.25) is 0 Å². The van der Waals surface area contributed by atoms with E-state index in [0.29, 0.717) is 19.3 Å². The summed E-state index contributed by atoms with van der Waals surface area (Å²) >= 11 is 0. The number of hydrogen-bond donors (Lipinski definition) is 0. The van der Waals surface area contributed by atoms with E-state index in [0.717, 1.165) is 96.3 Å². The van der Waals surface area contributed by atoms with Gasteiger partial charge in [0.25, 0.3) is 0 Å². The average Bonchev–Trinajstić information content (AvgIpc) is 3.21. The Balaban J connectivity index is 4.38. The lowest BCUT2D eigenvalue weighted by Crippen LogP contribution is -2.30. The van der Waals surface area contributed by atoms with Crippen LogP contribution in [0, 0.1) is 0 Å². The van der Waals surface area contributed by atoms with Crippen LogP contribution in [-0.4, -0.2) is 37.2 Å². The summed E-state index contributed by atoms with van der Waals surface area (Å²) in [5.74, 6) is -0.885. The predicted octanol–water partition coefficient (Wildman–Crippen LogP) is 15.8. The summed E-state index contributed by atoms with van der Waals surface area (Å²) in [7, 11) is 0. The van der Waals surface area contributed by atoms with Gasteiger partial charge in [-0.05, 0) is 51.4 Å². The molecule has 0 saturated heterocycles. The third-order valence-electron chi connectivity index (χ3n) is 10.7. The minimum atomic E-state index is -0.774. The van der Waals surface area contributed by atoms with Gasteiger partial charge in [-0.2, -0.15) is 0 Å². The summed E-state index contributed by atoms with van der Waals surface area (Å²) in [5, 5.41) is 0. The fraction of sp³-hybridized carbons (Fsp3) is 0.824. The molecule has 0 aliphatic rings. The van der Waals surface area contributed by atoms with E-state index in [1.165, 1.54) is 116 Å². The number of hydrogen-bond acceptors (Lipinski definition) is 6. The predicted molar refractivity (Wildman–Crippen MR) is 242 cm³/mol. The highest BCUT2D eigenvalue weighted by molar-refractivity contribution is 5.71. The molecule has 57 heavy (non-hydrogen) atoms. The minimum Gasteiger partial charge on any atom is -0.462 e. The van der Waals surface area contributed by atoms with E-state index < -0.39 is 6.10 Å². The van der Waals surface area contributed by atoms with Gasteiger partial charge in [-0.15, -0.1) is 0 Å². The second-order valence-electron chi connectivity index (χ2n) is 16.4. The van der Waals surface area contributed by atoms with Gasteiger partial charge in [0, 0.05) is 19.3 Å². The van der Waals surface area contributed by atoms with Crippen LogP contribution >= 0.6 is 0 Å². The highest BCUT2D eigenvalue weighted by Crippen LogP contribution is 2.15. The largest absolute Gasteiger partial charge is 0.462 e. The van der Waals surface area contributed by atoms with Crippen molar-refractivity contribution < 1.29 is 28.6 Å². The van der Waals surface area contributed by atoms with Gasteiger partial charge in [0.05, 0.1) is 0 Å². The Morgan fingerprint density at radius 1 is 0.368 bits per heavy atom. The summed E-state index contributed by atoms with van der Waals surface area (Å²) in [6, 6.07) is 0. The molecule has 0 atom stereocenters. The average molecular weight is 801 g/mol. The molecule has 0 aromatic carbocycles. The van der Waals surface area contributed by atoms with Crippen LogP contribution in [0.3, 0.4) is 0 Å². The molecule has 0 N–H and O–H groups in total. The van der Waals surface area contributed by atoms with Gasteiger partial charge in [0.15, 0.2) is 6.10 Å². The SMILES string of the molecule is CC/C=C\C/C=C\C/C=C\CCCCCCCC(=O)OC(COC(=O)CCCCCCCCCCCCCC)COC(=O)CCCCCCCCCCCCCC. The van der Waals surface area contributed by atoms with E-state index in [9.17, 15) is 14.4 Å². The van der Waals surface area contributed by atoms with Crippen molar-refractivity contribution in [2.45, 2.75) is 258 Å². The summed E-state index contributed by atoms with van der Waals surface area (Å²) < 4.78 is 16.7. The molecule has 0 heterocycles. The van der Waals surface area contributed by atoms with E-state index in [-0.39, 0.29) is 31.1 Å². The van der Waals surface area contributed by atoms with Crippen molar-refractivity contribution in [3.63, 3.8) is 0 Å². The summed E-state index contributed by atoms with van der Waals surface area (Å²) in [6.45, 7) is 6.52. The fourth-order valence-corrected chi connectivity index (χ4v) is 6.99. The number of esters is 3. The Morgan fingerprint density at radius 2 is 0.684 bits per heavy atom. The Labute approximate surface area is 353 Å². The second kappa shape index (κ2) is 46.3. The monoisotopic (exact) mass is 801 g/mol. The number of ether oxygens (including phenoxy) is 3. The van der Waals surface area contributed by atoms with Crippen molar-refractivity contribution in [2.75, 3.05) is 13.2 Å². The molecule has 0 spiro atoms. The van der Waals surface area contributed by atoms with Crippen molar-refractivity contribution in [2.24, 2.45) is 0 Å². The molecule has 0 fully saturated rings. The van der Waals surface area contributed by atoms with Crippen molar-refractivity contribution in [3.8, 4) is 0 Å². The maximum atomic E-state index is 12.7. The molecule has 0 bridgehead atoms. The van der Waals surface area contributed by atoms with Crippen LogP contribution in [0.4, 0.5) is 0 Å². The molecule has 0 unspecified atom stereocenters. The molecular formula is C51H92O6. The minimum absolute atomic E-state index is 0.0755. The van der Waals surface area contributed by atoms with Crippen molar-refractivity contribution in [1.82, 2.24) is 0 Å². The lowest BCUT2D eigenvalue weighted by atomic mass is 10.0. The second-order valence-corrected chi connectivity index (χ2v) is 16.4. The summed E-state index contributed by atoms with van der Waals surface area (Å²) in [5.41, 5.74) is 0. The zero-order chi connectivity index (χ0) is 41.5. The van der Waals surface area contributed by atoms with Crippen LogP contribution in [0.25, 0.3) is 0 Å². The van der Waals surface area contributed by atoms with E-state index in [4.69, 9.17) is 14.2 Å². The van der Waals surface area contributed by atoms with Gasteiger partial charge < -0.3 is 14.2 Å². The zero-order valence-electron chi connectivity index (χ0n) is 37.9. The van der Waals surface area contributed by atoms with Crippen LogP contribution in [0.15, 0.2) is 36.5 Å². The highest BCUT2D eigenvalue weighted by atomic mass is 16.6. The standard InChI is InChI=1S/C51H92O6/c1-4-7-10-13-16-19-22-25-26-27-30-33-36-39-42-45-51(54)57-48(46-55-49(52)43-40-37-34-31-28-23-20-17-14-11-8-5-2)47-56-50(53)44-41-38-35-32-29-24-21-18-15-12-9-6-3/h7,10,16,19,25-26,48H,4-6,8-9,11-15,17-18,20-24,27-47H2,1-3H3/b10-7-,19-16-,26-25-. The normalized spacial score (nSPS) is 11.8. The molecule has 0 amide bonds. The quantitative estimate of drug-likeness (QED) is 0.0264. The number of unbranched alkanes of at least 4 members (excludes halogenated alkanes) is 27. The Kier molecular flexibility index (Phi) is 44.4. The molecule has 0 aliphatic heterocycles. The van der Waals surface area contributed by atoms with Crippen LogP contribution in [0.1, 0.15) is 252 Å². The first-order valence-corrected chi connectivity index (χ1v) is 24.5. The fourth-order valence-electron chi connectivity index (χ4n) is 6.99. The lowest BCUT2D eigenvalue weighted by molar-refractivity contribution is -0.167. The van der Waals surface area contributed by atoms with Crippen molar-refractivity contribution >= 4 is 17.9 Å². The first-order valence-electron chi connectivity index (χ1n) is 24.5. The van der Waals surface area contributed by atoms with Crippen LogP contribution < -0.4 is 0 Å². The molecular weight excluding hydrogens is 709 g/mol. The van der Waals surface area contributed by atoms with E-state index in [1.807, 2.05) is 0 Å². The summed E-state index contributed by atoms with van der Waals surface area (Å²) in [4.78, 5) is 37.8. The first kappa shape index (κ1) is 54.6. The molecule has 6 heteroatoms. The first-order chi connectivity index (χ1) is 28.0. The van der Waals surface area contributed by atoms with Crippen LogP contribution in [-0.2, 0) is 28.6 Å². The third kappa shape index (κ3) is 44.6. The smallest absolute Gasteiger partial charge is 0.306 e. The molecule has 0 radical (unpaired) electrons. The topological polar surface area (TPSA) is 78.9 Å². The van der Waals surface area contributed by atoms with Gasteiger partial charge in [-0.25, -0.2) is 0 Å². The van der Waals surface area contributed by atoms with E-state index >= 15 is 0 Å². The van der Waals surface area contributed by atoms with E-state index in [1.54, 1.807) is 0 Å². The maximum Gasteiger partial charge on any atom is 0.306 e. The Bertz CT molecular complexity index is 925. The number of allylic oxidation sites excluding steroid dienone is 6. The van der Waals surface area contributed by atoms with Crippen LogP contribution in [0.5, 0.6) is 0 Å². The third-order valence-corrected chi connectivity index (χ3v) is 10.7. The molecule has 0 aromatic rings. The molecule has 0 aliphatic carbocycles. The van der Waals surface area contributed by atoms with Gasteiger partial charge in [0.1, 0.15) is 13.2 Å². The highest BCUT2D eigenvalue weighted by Gasteiger charge is 2.19.